The van der Waals surface area contributed by atoms with Crippen LogP contribution in [0.3, 0.4) is 0 Å². The molecular formula is C9H10INO2. The van der Waals surface area contributed by atoms with Gasteiger partial charge in [0.15, 0.2) is 5.78 Å². The van der Waals surface area contributed by atoms with Crippen molar-refractivity contribution in [2.45, 2.75) is 6.92 Å². The van der Waals surface area contributed by atoms with Gasteiger partial charge in [0.2, 0.25) is 0 Å². The minimum absolute atomic E-state index is 0.0337. The molecule has 0 bridgehead atoms. The summed E-state index contributed by atoms with van der Waals surface area (Å²) in [6.45, 7) is 1.50. The molecular weight excluding hydrogens is 281 g/mol. The van der Waals surface area contributed by atoms with Crippen LogP contribution in [0.2, 0.25) is 0 Å². The number of rotatable bonds is 2. The van der Waals surface area contributed by atoms with Crippen molar-refractivity contribution in [3.8, 4) is 5.75 Å². The van der Waals surface area contributed by atoms with E-state index in [0.29, 0.717) is 17.0 Å². The van der Waals surface area contributed by atoms with Crippen LogP contribution in [0, 0.1) is 3.57 Å². The molecule has 1 aromatic carbocycles. The van der Waals surface area contributed by atoms with Crippen LogP contribution >= 0.6 is 22.6 Å². The van der Waals surface area contributed by atoms with Crippen LogP contribution in [0.5, 0.6) is 5.75 Å². The van der Waals surface area contributed by atoms with Crippen LogP contribution in [0.4, 0.5) is 5.69 Å². The summed E-state index contributed by atoms with van der Waals surface area (Å²) in [4.78, 5) is 11.3. The minimum atomic E-state index is -0.0337. The number of benzene rings is 1. The van der Waals surface area contributed by atoms with Crippen LogP contribution in [0.25, 0.3) is 0 Å². The van der Waals surface area contributed by atoms with Gasteiger partial charge in [0.1, 0.15) is 5.75 Å². The highest BCUT2D eigenvalue weighted by atomic mass is 127. The number of hydrogen-bond donors (Lipinski definition) is 1. The lowest BCUT2D eigenvalue weighted by Crippen LogP contribution is -2.03. The summed E-state index contributed by atoms with van der Waals surface area (Å²) in [5.74, 6) is 0.541. The standard InChI is InChI=1S/C9H10INO2/c1-5(12)8-7(13-2)4-3-6(11)9(8)10/h3-4H,11H2,1-2H3. The van der Waals surface area contributed by atoms with Gasteiger partial charge in [-0.1, -0.05) is 0 Å². The van der Waals surface area contributed by atoms with Crippen molar-refractivity contribution in [1.29, 1.82) is 0 Å². The first-order chi connectivity index (χ1) is 6.07. The van der Waals surface area contributed by atoms with Crippen LogP contribution in [-0.2, 0) is 0 Å². The first-order valence-electron chi connectivity index (χ1n) is 3.70. The Hall–Kier alpha value is -0.780. The second-order valence-corrected chi connectivity index (χ2v) is 3.68. The van der Waals surface area contributed by atoms with E-state index in [-0.39, 0.29) is 5.78 Å². The highest BCUT2D eigenvalue weighted by molar-refractivity contribution is 14.1. The van der Waals surface area contributed by atoms with Gasteiger partial charge in [-0.25, -0.2) is 0 Å². The number of nitrogens with two attached hydrogens (primary N) is 1. The summed E-state index contributed by atoms with van der Waals surface area (Å²) in [6, 6.07) is 3.43. The number of Topliss-reactive ketones (excluding diaryl/α,β-unsaturated/α-hetero) is 1. The van der Waals surface area contributed by atoms with Gasteiger partial charge in [-0.15, -0.1) is 0 Å². The maximum atomic E-state index is 11.3. The van der Waals surface area contributed by atoms with Crippen molar-refractivity contribution >= 4 is 34.1 Å². The number of hydrogen-bond acceptors (Lipinski definition) is 3. The van der Waals surface area contributed by atoms with Crippen LogP contribution in [0.15, 0.2) is 12.1 Å². The van der Waals surface area contributed by atoms with Gasteiger partial charge in [-0.2, -0.15) is 0 Å². The first-order valence-corrected chi connectivity index (χ1v) is 4.78. The van der Waals surface area contributed by atoms with E-state index in [0.717, 1.165) is 3.57 Å². The van der Waals surface area contributed by atoms with E-state index in [4.69, 9.17) is 10.5 Å². The smallest absolute Gasteiger partial charge is 0.164 e. The molecule has 0 atom stereocenters. The number of carbonyl (C=O) groups is 1. The van der Waals surface area contributed by atoms with Gasteiger partial charge in [-0.3, -0.25) is 4.79 Å². The molecule has 70 valence electrons. The van der Waals surface area contributed by atoms with Crippen molar-refractivity contribution in [1.82, 2.24) is 0 Å². The van der Waals surface area contributed by atoms with Gasteiger partial charge in [0, 0.05) is 5.69 Å². The van der Waals surface area contributed by atoms with E-state index in [1.807, 2.05) is 22.6 Å². The lowest BCUT2D eigenvalue weighted by Gasteiger charge is -2.09. The predicted octanol–water partition coefficient (Wildman–Crippen LogP) is 2.08. The first kappa shape index (κ1) is 10.3. The maximum Gasteiger partial charge on any atom is 0.164 e. The Kier molecular flexibility index (Phi) is 3.13. The molecule has 0 saturated carbocycles. The Bertz CT molecular complexity index is 350. The molecule has 1 aromatic rings. The van der Waals surface area contributed by atoms with Crippen LogP contribution in [0.1, 0.15) is 17.3 Å². The number of anilines is 1. The average Bonchev–Trinajstić information content (AvgIpc) is 2.08. The monoisotopic (exact) mass is 291 g/mol. The van der Waals surface area contributed by atoms with E-state index < -0.39 is 0 Å². The Balaban J connectivity index is 3.41. The Morgan fingerprint density at radius 3 is 2.62 bits per heavy atom. The average molecular weight is 291 g/mol. The lowest BCUT2D eigenvalue weighted by molar-refractivity contribution is 0.101. The fourth-order valence-corrected chi connectivity index (χ4v) is 1.90. The molecule has 0 saturated heterocycles. The molecule has 0 aromatic heterocycles. The van der Waals surface area contributed by atoms with E-state index in [1.54, 1.807) is 12.1 Å². The molecule has 0 aliphatic carbocycles. The summed E-state index contributed by atoms with van der Waals surface area (Å²) < 4.78 is 5.82. The van der Waals surface area contributed by atoms with Gasteiger partial charge < -0.3 is 10.5 Å². The molecule has 0 amide bonds. The topological polar surface area (TPSA) is 52.3 Å². The van der Waals surface area contributed by atoms with Gasteiger partial charge in [-0.05, 0) is 41.6 Å². The van der Waals surface area contributed by atoms with Crippen LogP contribution < -0.4 is 10.5 Å². The minimum Gasteiger partial charge on any atom is -0.496 e. The number of ether oxygens (including phenoxy) is 1. The maximum absolute atomic E-state index is 11.3. The zero-order chi connectivity index (χ0) is 10.0. The predicted molar refractivity (Wildman–Crippen MR) is 60.1 cm³/mol. The third-order valence-electron chi connectivity index (χ3n) is 1.71. The van der Waals surface area contributed by atoms with Gasteiger partial charge in [0.25, 0.3) is 0 Å². The third kappa shape index (κ3) is 1.93. The molecule has 0 radical (unpaired) electrons. The largest absolute Gasteiger partial charge is 0.496 e. The fourth-order valence-electron chi connectivity index (χ4n) is 1.07. The molecule has 2 N–H and O–H groups in total. The van der Waals surface area contributed by atoms with E-state index in [9.17, 15) is 4.79 Å². The number of ketones is 1. The summed E-state index contributed by atoms with van der Waals surface area (Å²) in [7, 11) is 1.54. The van der Waals surface area contributed by atoms with Crippen molar-refractivity contribution in [3.63, 3.8) is 0 Å². The second-order valence-electron chi connectivity index (χ2n) is 2.60. The summed E-state index contributed by atoms with van der Waals surface area (Å²) in [5.41, 5.74) is 6.83. The zero-order valence-electron chi connectivity index (χ0n) is 7.43. The van der Waals surface area contributed by atoms with Crippen molar-refractivity contribution < 1.29 is 9.53 Å². The highest BCUT2D eigenvalue weighted by Crippen LogP contribution is 2.28. The molecule has 0 heterocycles. The summed E-state index contributed by atoms with van der Waals surface area (Å²) in [6.07, 6.45) is 0. The highest BCUT2D eigenvalue weighted by Gasteiger charge is 2.13. The fraction of sp³-hybridized carbons (Fsp3) is 0.222. The van der Waals surface area contributed by atoms with Crippen molar-refractivity contribution in [3.05, 3.63) is 21.3 Å². The van der Waals surface area contributed by atoms with Gasteiger partial charge >= 0.3 is 0 Å². The summed E-state index contributed by atoms with van der Waals surface area (Å²) >= 11 is 2.04. The Labute approximate surface area is 90.4 Å². The Morgan fingerprint density at radius 2 is 2.15 bits per heavy atom. The zero-order valence-corrected chi connectivity index (χ0v) is 9.58. The molecule has 3 nitrogen and oxygen atoms in total. The third-order valence-corrected chi connectivity index (χ3v) is 2.87. The molecule has 0 aliphatic rings. The number of halogens is 1. The second kappa shape index (κ2) is 3.95. The Morgan fingerprint density at radius 1 is 1.54 bits per heavy atom. The normalized spacial score (nSPS) is 9.77. The number of nitrogen functional groups attached to an aromatic ring is 1. The molecule has 1 rings (SSSR count). The molecule has 0 aliphatic heterocycles. The number of carbonyl (C=O) groups excluding carboxylic acids is 1. The SMILES string of the molecule is COc1ccc(N)c(I)c1C(C)=O. The molecule has 0 spiro atoms. The van der Waals surface area contributed by atoms with Gasteiger partial charge in [0.05, 0.1) is 16.2 Å². The molecule has 0 fully saturated rings. The van der Waals surface area contributed by atoms with E-state index in [1.165, 1.54) is 14.0 Å². The van der Waals surface area contributed by atoms with E-state index >= 15 is 0 Å². The lowest BCUT2D eigenvalue weighted by atomic mass is 10.1. The summed E-state index contributed by atoms with van der Waals surface area (Å²) in [5, 5.41) is 0. The van der Waals surface area contributed by atoms with Crippen molar-refractivity contribution in [2.75, 3.05) is 12.8 Å². The quantitative estimate of drug-likeness (QED) is 0.515. The molecule has 0 unspecified atom stereocenters. The molecule has 13 heavy (non-hydrogen) atoms. The number of methoxy groups -OCH3 is 1. The van der Waals surface area contributed by atoms with E-state index in [2.05, 4.69) is 0 Å². The molecule has 4 heteroatoms. The van der Waals surface area contributed by atoms with Crippen LogP contribution in [-0.4, -0.2) is 12.9 Å². The van der Waals surface area contributed by atoms with Crippen molar-refractivity contribution in [2.24, 2.45) is 0 Å².